The first-order valence-electron chi connectivity index (χ1n) is 5.97. The van der Waals surface area contributed by atoms with Crippen LogP contribution in [0.3, 0.4) is 0 Å². The number of phenols is 1. The van der Waals surface area contributed by atoms with Gasteiger partial charge in [0.15, 0.2) is 0 Å². The highest BCUT2D eigenvalue weighted by Crippen LogP contribution is 2.19. The first-order valence-corrected chi connectivity index (χ1v) is 7.05. The van der Waals surface area contributed by atoms with E-state index in [1.807, 2.05) is 30.3 Å². The molecule has 0 radical (unpaired) electrons. The second-order valence-corrected chi connectivity index (χ2v) is 5.40. The fraction of sp³-hybridized carbons (Fsp3) is 0.133. The minimum atomic E-state index is -0.244. The number of benzene rings is 2. The standard InChI is InChI=1S/C15H14INO2/c16-12-6-7-14(18)13(10-12)15(19)17-9-8-11-4-2-1-3-5-11/h1-7,10,18H,8-9H2,(H,17,19). The normalized spacial score (nSPS) is 10.2. The van der Waals surface area contributed by atoms with Crippen molar-refractivity contribution in [3.63, 3.8) is 0 Å². The van der Waals surface area contributed by atoms with E-state index < -0.39 is 0 Å². The summed E-state index contributed by atoms with van der Waals surface area (Å²) in [5, 5.41) is 12.5. The van der Waals surface area contributed by atoms with E-state index in [0.717, 1.165) is 9.99 Å². The summed E-state index contributed by atoms with van der Waals surface area (Å²) < 4.78 is 0.920. The first-order chi connectivity index (χ1) is 9.16. The summed E-state index contributed by atoms with van der Waals surface area (Å²) in [6.07, 6.45) is 0.775. The van der Waals surface area contributed by atoms with Crippen molar-refractivity contribution >= 4 is 28.5 Å². The molecule has 2 aromatic rings. The summed E-state index contributed by atoms with van der Waals surface area (Å²) in [5.41, 5.74) is 1.50. The zero-order valence-electron chi connectivity index (χ0n) is 10.3. The molecule has 3 nitrogen and oxygen atoms in total. The number of rotatable bonds is 4. The number of halogens is 1. The molecular weight excluding hydrogens is 353 g/mol. The first kappa shape index (κ1) is 13.9. The van der Waals surface area contributed by atoms with Crippen molar-refractivity contribution in [2.45, 2.75) is 6.42 Å². The van der Waals surface area contributed by atoms with Crippen molar-refractivity contribution in [2.75, 3.05) is 6.54 Å². The van der Waals surface area contributed by atoms with Crippen LogP contribution >= 0.6 is 22.6 Å². The van der Waals surface area contributed by atoms with Gasteiger partial charge in [-0.3, -0.25) is 4.79 Å². The van der Waals surface area contributed by atoms with E-state index in [-0.39, 0.29) is 11.7 Å². The molecule has 0 aliphatic rings. The van der Waals surface area contributed by atoms with Crippen molar-refractivity contribution in [3.05, 3.63) is 63.2 Å². The molecule has 0 unspecified atom stereocenters. The molecule has 0 aliphatic carbocycles. The van der Waals surface area contributed by atoms with Gasteiger partial charge in [0.2, 0.25) is 0 Å². The lowest BCUT2D eigenvalue weighted by Gasteiger charge is -2.07. The van der Waals surface area contributed by atoms with E-state index in [1.54, 1.807) is 12.1 Å². The molecule has 2 aromatic carbocycles. The van der Waals surface area contributed by atoms with Crippen LogP contribution in [0.15, 0.2) is 48.5 Å². The Morgan fingerprint density at radius 1 is 1.16 bits per heavy atom. The van der Waals surface area contributed by atoms with E-state index in [9.17, 15) is 9.90 Å². The molecule has 0 fully saturated rings. The number of aromatic hydroxyl groups is 1. The molecule has 0 saturated carbocycles. The summed E-state index contributed by atoms with van der Waals surface area (Å²) >= 11 is 2.11. The summed E-state index contributed by atoms with van der Waals surface area (Å²) in [6, 6.07) is 14.9. The Balaban J connectivity index is 1.93. The third-order valence-corrected chi connectivity index (χ3v) is 3.42. The van der Waals surface area contributed by atoms with Gasteiger partial charge in [-0.25, -0.2) is 0 Å². The Morgan fingerprint density at radius 2 is 1.89 bits per heavy atom. The van der Waals surface area contributed by atoms with Crippen LogP contribution < -0.4 is 5.32 Å². The van der Waals surface area contributed by atoms with Crippen molar-refractivity contribution in [3.8, 4) is 5.75 Å². The van der Waals surface area contributed by atoms with Gasteiger partial charge in [-0.15, -0.1) is 0 Å². The Kier molecular flexibility index (Phi) is 4.79. The van der Waals surface area contributed by atoms with Gasteiger partial charge in [0.25, 0.3) is 5.91 Å². The lowest BCUT2D eigenvalue weighted by Crippen LogP contribution is -2.25. The van der Waals surface area contributed by atoms with Crippen LogP contribution in [0, 0.1) is 3.57 Å². The predicted octanol–water partition coefficient (Wildman–Crippen LogP) is 2.97. The highest BCUT2D eigenvalue weighted by molar-refractivity contribution is 14.1. The quantitative estimate of drug-likeness (QED) is 0.817. The summed E-state index contributed by atoms with van der Waals surface area (Å²) in [6.45, 7) is 0.549. The smallest absolute Gasteiger partial charge is 0.255 e. The van der Waals surface area contributed by atoms with Gasteiger partial charge >= 0.3 is 0 Å². The summed E-state index contributed by atoms with van der Waals surface area (Å²) in [7, 11) is 0. The number of phenolic OH excluding ortho intramolecular Hbond substituents is 1. The van der Waals surface area contributed by atoms with E-state index in [4.69, 9.17) is 0 Å². The number of hydrogen-bond acceptors (Lipinski definition) is 2. The van der Waals surface area contributed by atoms with Gasteiger partial charge in [0.05, 0.1) is 5.56 Å². The maximum absolute atomic E-state index is 11.9. The highest BCUT2D eigenvalue weighted by atomic mass is 127. The van der Waals surface area contributed by atoms with Crippen molar-refractivity contribution in [2.24, 2.45) is 0 Å². The van der Waals surface area contributed by atoms with Gasteiger partial charge in [0, 0.05) is 10.1 Å². The largest absolute Gasteiger partial charge is 0.507 e. The van der Waals surface area contributed by atoms with E-state index >= 15 is 0 Å². The number of carbonyl (C=O) groups is 1. The lowest BCUT2D eigenvalue weighted by atomic mass is 10.1. The average molecular weight is 367 g/mol. The van der Waals surface area contributed by atoms with Crippen LogP contribution in [-0.4, -0.2) is 17.6 Å². The SMILES string of the molecule is O=C(NCCc1ccccc1)c1cc(I)ccc1O. The molecule has 2 rings (SSSR count). The third kappa shape index (κ3) is 3.96. The Labute approximate surface area is 125 Å². The van der Waals surface area contributed by atoms with Crippen LogP contribution in [0.25, 0.3) is 0 Å². The summed E-state index contributed by atoms with van der Waals surface area (Å²) in [4.78, 5) is 11.9. The molecule has 0 aliphatic heterocycles. The minimum absolute atomic E-state index is 0.0117. The van der Waals surface area contributed by atoms with Gasteiger partial charge in [-0.2, -0.15) is 0 Å². The molecule has 0 saturated heterocycles. The molecule has 0 spiro atoms. The van der Waals surface area contributed by atoms with E-state index in [1.165, 1.54) is 11.6 Å². The number of carbonyl (C=O) groups excluding carboxylic acids is 1. The second kappa shape index (κ2) is 6.56. The fourth-order valence-electron chi connectivity index (χ4n) is 1.75. The van der Waals surface area contributed by atoms with Gasteiger partial charge in [0.1, 0.15) is 5.75 Å². The maximum atomic E-state index is 11.9. The number of nitrogens with one attached hydrogen (secondary N) is 1. The molecule has 0 heterocycles. The molecule has 98 valence electrons. The maximum Gasteiger partial charge on any atom is 0.255 e. The molecule has 0 aromatic heterocycles. The Bertz CT molecular complexity index is 570. The highest BCUT2D eigenvalue weighted by Gasteiger charge is 2.10. The number of hydrogen-bond donors (Lipinski definition) is 2. The van der Waals surface area contributed by atoms with Crippen LogP contribution in [0.4, 0.5) is 0 Å². The van der Waals surface area contributed by atoms with Crippen LogP contribution in [0.5, 0.6) is 5.75 Å². The predicted molar refractivity (Wildman–Crippen MR) is 83.3 cm³/mol. The monoisotopic (exact) mass is 367 g/mol. The molecule has 1 amide bonds. The molecular formula is C15H14INO2. The lowest BCUT2D eigenvalue weighted by molar-refractivity contribution is 0.0951. The van der Waals surface area contributed by atoms with Crippen LogP contribution in [0.2, 0.25) is 0 Å². The molecule has 0 atom stereocenters. The van der Waals surface area contributed by atoms with Crippen molar-refractivity contribution in [1.82, 2.24) is 5.32 Å². The summed E-state index contributed by atoms with van der Waals surface area (Å²) in [5.74, 6) is -0.232. The minimum Gasteiger partial charge on any atom is -0.507 e. The van der Waals surface area contributed by atoms with Crippen molar-refractivity contribution < 1.29 is 9.90 Å². The molecule has 4 heteroatoms. The average Bonchev–Trinajstić information content (AvgIpc) is 2.42. The molecule has 2 N–H and O–H groups in total. The van der Waals surface area contributed by atoms with E-state index in [2.05, 4.69) is 27.9 Å². The fourth-order valence-corrected chi connectivity index (χ4v) is 2.24. The Hall–Kier alpha value is -1.56. The van der Waals surface area contributed by atoms with Gasteiger partial charge in [-0.1, -0.05) is 30.3 Å². The van der Waals surface area contributed by atoms with Gasteiger partial charge < -0.3 is 10.4 Å². The third-order valence-electron chi connectivity index (χ3n) is 2.75. The van der Waals surface area contributed by atoms with Crippen molar-refractivity contribution in [1.29, 1.82) is 0 Å². The van der Waals surface area contributed by atoms with E-state index in [0.29, 0.717) is 12.1 Å². The van der Waals surface area contributed by atoms with Crippen LogP contribution in [0.1, 0.15) is 15.9 Å². The zero-order chi connectivity index (χ0) is 13.7. The number of amides is 1. The van der Waals surface area contributed by atoms with Gasteiger partial charge in [-0.05, 0) is 52.8 Å². The molecule has 19 heavy (non-hydrogen) atoms. The van der Waals surface area contributed by atoms with Crippen LogP contribution in [-0.2, 0) is 6.42 Å². The Morgan fingerprint density at radius 3 is 2.63 bits per heavy atom. The second-order valence-electron chi connectivity index (χ2n) is 4.15. The molecule has 0 bridgehead atoms. The zero-order valence-corrected chi connectivity index (χ0v) is 12.4. The topological polar surface area (TPSA) is 49.3 Å².